The van der Waals surface area contributed by atoms with Gasteiger partial charge in [0, 0.05) is 23.5 Å². The number of hydrogen-bond acceptors (Lipinski definition) is 4. The second kappa shape index (κ2) is 13.9. The Hall–Kier alpha value is -3.17. The lowest BCUT2D eigenvalue weighted by Crippen LogP contribution is -2.54. The molecule has 0 saturated carbocycles. The second-order valence-corrected chi connectivity index (χ2v) is 13.1. The molecule has 214 valence electrons. The van der Waals surface area contributed by atoms with Crippen LogP contribution in [0.2, 0.25) is 0 Å². The Bertz CT molecular complexity index is 1430. The Morgan fingerprint density at radius 2 is 1.62 bits per heavy atom. The van der Waals surface area contributed by atoms with E-state index in [-0.39, 0.29) is 24.9 Å². The smallest absolute Gasteiger partial charge is 0.244 e. The van der Waals surface area contributed by atoms with Crippen molar-refractivity contribution in [2.24, 2.45) is 0 Å². The Balaban J connectivity index is 2.09. The van der Waals surface area contributed by atoms with E-state index in [0.717, 1.165) is 43.7 Å². The highest BCUT2D eigenvalue weighted by molar-refractivity contribution is 9.10. The first-order valence-electron chi connectivity index (χ1n) is 13.3. The van der Waals surface area contributed by atoms with Gasteiger partial charge in [0.1, 0.15) is 12.6 Å². The number of halogens is 1. The van der Waals surface area contributed by atoms with Gasteiger partial charge in [0.05, 0.1) is 11.9 Å². The molecule has 0 spiro atoms. The van der Waals surface area contributed by atoms with Crippen LogP contribution < -0.4 is 9.62 Å². The van der Waals surface area contributed by atoms with Crippen LogP contribution in [0.3, 0.4) is 0 Å². The van der Waals surface area contributed by atoms with E-state index < -0.39 is 28.5 Å². The number of amides is 2. The lowest BCUT2D eigenvalue weighted by molar-refractivity contribution is -0.140. The van der Waals surface area contributed by atoms with Crippen LogP contribution in [0.25, 0.3) is 0 Å². The van der Waals surface area contributed by atoms with Crippen molar-refractivity contribution in [3.05, 3.63) is 99.5 Å². The Morgan fingerprint density at radius 1 is 0.950 bits per heavy atom. The largest absolute Gasteiger partial charge is 0.352 e. The normalized spacial score (nSPS) is 12.8. The lowest BCUT2D eigenvalue weighted by atomic mass is 10.0. The number of nitrogens with one attached hydrogen (secondary N) is 1. The summed E-state index contributed by atoms with van der Waals surface area (Å²) in [6.07, 6.45) is 2.11. The zero-order valence-electron chi connectivity index (χ0n) is 23.7. The van der Waals surface area contributed by atoms with Gasteiger partial charge in [-0.1, -0.05) is 77.5 Å². The van der Waals surface area contributed by atoms with Gasteiger partial charge in [0.2, 0.25) is 21.8 Å². The summed E-state index contributed by atoms with van der Waals surface area (Å²) in [7, 11) is -3.82. The van der Waals surface area contributed by atoms with Crippen molar-refractivity contribution in [1.29, 1.82) is 0 Å². The molecule has 9 heteroatoms. The molecule has 2 unspecified atom stereocenters. The number of carbonyl (C=O) groups is 2. The molecule has 0 aromatic heterocycles. The number of sulfonamides is 1. The maximum Gasteiger partial charge on any atom is 0.244 e. The van der Waals surface area contributed by atoms with Crippen molar-refractivity contribution in [2.45, 2.75) is 59.2 Å². The van der Waals surface area contributed by atoms with Crippen LogP contribution in [0.1, 0.15) is 42.5 Å². The number of carbonyl (C=O) groups excluding carboxylic acids is 2. The van der Waals surface area contributed by atoms with Crippen molar-refractivity contribution in [2.75, 3.05) is 17.1 Å². The molecule has 0 radical (unpaired) electrons. The fourth-order valence-electron chi connectivity index (χ4n) is 4.41. The van der Waals surface area contributed by atoms with Crippen LogP contribution in [0, 0.1) is 13.8 Å². The van der Waals surface area contributed by atoms with Gasteiger partial charge < -0.3 is 10.2 Å². The van der Waals surface area contributed by atoms with E-state index in [1.807, 2.05) is 94.4 Å². The van der Waals surface area contributed by atoms with Gasteiger partial charge in [-0.05, 0) is 67.6 Å². The summed E-state index contributed by atoms with van der Waals surface area (Å²) in [5, 5.41) is 3.04. The molecule has 0 aliphatic carbocycles. The summed E-state index contributed by atoms with van der Waals surface area (Å²) in [5.41, 5.74) is 3.77. The number of hydrogen-bond donors (Lipinski definition) is 1. The molecular weight excluding hydrogens is 590 g/mol. The summed E-state index contributed by atoms with van der Waals surface area (Å²) in [4.78, 5) is 29.4. The van der Waals surface area contributed by atoms with Crippen molar-refractivity contribution in [3.63, 3.8) is 0 Å². The first kappa shape index (κ1) is 31.4. The zero-order chi connectivity index (χ0) is 29.4. The summed E-state index contributed by atoms with van der Waals surface area (Å²) < 4.78 is 28.0. The number of rotatable bonds is 12. The molecule has 0 aliphatic heterocycles. The maximum atomic E-state index is 14.2. The molecule has 0 aliphatic rings. The Kier molecular flexibility index (Phi) is 10.9. The van der Waals surface area contributed by atoms with Gasteiger partial charge in [-0.2, -0.15) is 0 Å². The van der Waals surface area contributed by atoms with Gasteiger partial charge in [-0.25, -0.2) is 8.42 Å². The predicted octanol–water partition coefficient (Wildman–Crippen LogP) is 5.39. The second-order valence-electron chi connectivity index (χ2n) is 10.2. The average molecular weight is 629 g/mol. The molecule has 3 rings (SSSR count). The van der Waals surface area contributed by atoms with Crippen molar-refractivity contribution >= 4 is 43.5 Å². The van der Waals surface area contributed by atoms with E-state index in [1.165, 1.54) is 4.90 Å². The van der Waals surface area contributed by atoms with Gasteiger partial charge >= 0.3 is 0 Å². The molecule has 1 N–H and O–H groups in total. The molecule has 3 aromatic carbocycles. The maximum absolute atomic E-state index is 14.2. The van der Waals surface area contributed by atoms with E-state index in [4.69, 9.17) is 0 Å². The van der Waals surface area contributed by atoms with Crippen LogP contribution in [-0.4, -0.2) is 50.0 Å². The zero-order valence-corrected chi connectivity index (χ0v) is 26.1. The standard InChI is InChI=1S/C31H38BrN3O4S/c1-6-24(4)33-31(37)29(19-25-11-8-7-9-12-25)34(20-26-13-10-14-27(32)18-26)30(36)21-35(40(5,38)39)28-17-22(2)15-16-23(28)3/h7-18,24,29H,6,19-21H2,1-5H3,(H,33,37). The lowest BCUT2D eigenvalue weighted by Gasteiger charge is -2.34. The molecule has 2 amide bonds. The molecule has 0 fully saturated rings. The van der Waals surface area contributed by atoms with Gasteiger partial charge in [0.15, 0.2) is 0 Å². The van der Waals surface area contributed by atoms with E-state index in [1.54, 1.807) is 6.07 Å². The molecular formula is C31H38BrN3O4S. The molecule has 7 nitrogen and oxygen atoms in total. The minimum absolute atomic E-state index is 0.0870. The molecule has 0 saturated heterocycles. The SMILES string of the molecule is CCC(C)NC(=O)C(Cc1ccccc1)N(Cc1cccc(Br)c1)C(=O)CN(c1cc(C)ccc1C)S(C)(=O)=O. The first-order valence-corrected chi connectivity index (χ1v) is 16.0. The summed E-state index contributed by atoms with van der Waals surface area (Å²) in [6.45, 7) is 7.29. The number of nitrogens with zero attached hydrogens (tertiary/aromatic N) is 2. The van der Waals surface area contributed by atoms with Gasteiger partial charge in [0.25, 0.3) is 0 Å². The average Bonchev–Trinajstić information content (AvgIpc) is 2.90. The van der Waals surface area contributed by atoms with Crippen LogP contribution >= 0.6 is 15.9 Å². The summed E-state index contributed by atoms with van der Waals surface area (Å²) in [5.74, 6) is -0.745. The van der Waals surface area contributed by atoms with Crippen molar-refractivity contribution in [3.8, 4) is 0 Å². The third-order valence-electron chi connectivity index (χ3n) is 6.83. The Morgan fingerprint density at radius 3 is 2.25 bits per heavy atom. The van der Waals surface area contributed by atoms with Crippen molar-refractivity contribution < 1.29 is 18.0 Å². The number of anilines is 1. The molecule has 3 aromatic rings. The molecule has 2 atom stereocenters. The highest BCUT2D eigenvalue weighted by atomic mass is 79.9. The first-order chi connectivity index (χ1) is 18.9. The van der Waals surface area contributed by atoms with Gasteiger partial charge in [-0.15, -0.1) is 0 Å². The third-order valence-corrected chi connectivity index (χ3v) is 8.45. The van der Waals surface area contributed by atoms with E-state index in [0.29, 0.717) is 5.69 Å². The quantitative estimate of drug-likeness (QED) is 0.292. The van der Waals surface area contributed by atoms with Crippen molar-refractivity contribution in [1.82, 2.24) is 10.2 Å². The Labute approximate surface area is 246 Å². The minimum atomic E-state index is -3.82. The third kappa shape index (κ3) is 8.66. The topological polar surface area (TPSA) is 86.8 Å². The fraction of sp³-hybridized carbons (Fsp3) is 0.355. The molecule has 40 heavy (non-hydrogen) atoms. The molecule has 0 bridgehead atoms. The highest BCUT2D eigenvalue weighted by Gasteiger charge is 2.33. The number of aryl methyl sites for hydroxylation is 2. The van der Waals surface area contributed by atoms with Crippen LogP contribution in [0.15, 0.2) is 77.3 Å². The minimum Gasteiger partial charge on any atom is -0.352 e. The molecule has 0 heterocycles. The van der Waals surface area contributed by atoms with E-state index in [9.17, 15) is 18.0 Å². The predicted molar refractivity (Wildman–Crippen MR) is 165 cm³/mol. The van der Waals surface area contributed by atoms with E-state index >= 15 is 0 Å². The van der Waals surface area contributed by atoms with E-state index in [2.05, 4.69) is 21.2 Å². The highest BCUT2D eigenvalue weighted by Crippen LogP contribution is 2.25. The summed E-state index contributed by atoms with van der Waals surface area (Å²) in [6, 6.07) is 21.6. The summed E-state index contributed by atoms with van der Waals surface area (Å²) >= 11 is 3.49. The van der Waals surface area contributed by atoms with Crippen LogP contribution in [0.4, 0.5) is 5.69 Å². The van der Waals surface area contributed by atoms with Gasteiger partial charge in [-0.3, -0.25) is 13.9 Å². The number of benzene rings is 3. The van der Waals surface area contributed by atoms with Crippen LogP contribution in [0.5, 0.6) is 0 Å². The van der Waals surface area contributed by atoms with Crippen LogP contribution in [-0.2, 0) is 32.6 Å². The fourth-order valence-corrected chi connectivity index (χ4v) is 5.76. The monoisotopic (exact) mass is 627 g/mol.